The number of rotatable bonds is 4. The van der Waals surface area contributed by atoms with Gasteiger partial charge in [-0.25, -0.2) is 4.39 Å². The topological polar surface area (TPSA) is 34.0 Å². The van der Waals surface area contributed by atoms with Crippen molar-refractivity contribution in [3.05, 3.63) is 58.6 Å². The Kier molecular flexibility index (Phi) is 4.96. The zero-order valence-electron chi connectivity index (χ0n) is 11.7. The normalized spacial score (nSPS) is 12.5. The predicted octanol–water partition coefficient (Wildman–Crippen LogP) is 4.22. The molecule has 0 aliphatic heterocycles. The smallest absolute Gasteiger partial charge is 0.269 e. The summed E-state index contributed by atoms with van der Waals surface area (Å²) in [6.45, 7) is 3.95. The van der Waals surface area contributed by atoms with Gasteiger partial charge >= 0.3 is 0 Å². The van der Waals surface area contributed by atoms with Crippen LogP contribution in [0.1, 0.15) is 41.3 Å². The lowest BCUT2D eigenvalue weighted by atomic mass is 10.2. The quantitative estimate of drug-likeness (QED) is 0.640. The molecule has 1 amide bonds. The molecule has 112 valence electrons. The van der Waals surface area contributed by atoms with E-state index in [4.69, 9.17) is 11.6 Å². The minimum atomic E-state index is -0.818. The van der Waals surface area contributed by atoms with E-state index >= 15 is 0 Å². The minimum Gasteiger partial charge on any atom is -0.341 e. The van der Waals surface area contributed by atoms with Crippen molar-refractivity contribution in [1.29, 1.82) is 0 Å². The number of hydrogen-bond donors (Lipinski definition) is 2. The summed E-state index contributed by atoms with van der Waals surface area (Å²) in [4.78, 5) is 12.3. The summed E-state index contributed by atoms with van der Waals surface area (Å²) >= 11 is 10.2. The van der Waals surface area contributed by atoms with Crippen LogP contribution < -0.4 is 5.32 Å². The maximum absolute atomic E-state index is 13.8. The van der Waals surface area contributed by atoms with Crippen molar-refractivity contribution in [2.24, 2.45) is 0 Å². The summed E-state index contributed by atoms with van der Waals surface area (Å²) in [5.41, 5.74) is 0.662. The lowest BCUT2D eigenvalue weighted by molar-refractivity contribution is 0.0939. The number of aromatic nitrogens is 1. The number of nitrogens with one attached hydrogen (secondary N) is 1. The van der Waals surface area contributed by atoms with Crippen LogP contribution in [0.25, 0.3) is 0 Å². The number of benzene rings is 1. The highest BCUT2D eigenvalue weighted by molar-refractivity contribution is 7.80. The van der Waals surface area contributed by atoms with Crippen molar-refractivity contribution in [3.63, 3.8) is 0 Å². The lowest BCUT2D eigenvalue weighted by Gasteiger charge is -2.17. The first-order valence-electron chi connectivity index (χ1n) is 6.51. The van der Waals surface area contributed by atoms with E-state index in [1.54, 1.807) is 18.2 Å². The zero-order chi connectivity index (χ0) is 15.6. The first-order valence-corrected chi connectivity index (χ1v) is 7.41. The highest BCUT2D eigenvalue weighted by atomic mass is 35.5. The van der Waals surface area contributed by atoms with Gasteiger partial charge in [0, 0.05) is 22.8 Å². The molecule has 1 unspecified atom stereocenters. The van der Waals surface area contributed by atoms with Gasteiger partial charge in [0.2, 0.25) is 0 Å². The van der Waals surface area contributed by atoms with E-state index in [9.17, 15) is 9.18 Å². The van der Waals surface area contributed by atoms with Crippen LogP contribution >= 0.6 is 24.2 Å². The van der Waals surface area contributed by atoms with Gasteiger partial charge in [0.25, 0.3) is 5.91 Å². The number of carbonyl (C=O) groups excluding carboxylic acids is 1. The number of thiol groups is 1. The third-order valence-electron chi connectivity index (χ3n) is 3.11. The van der Waals surface area contributed by atoms with Crippen LogP contribution in [0.5, 0.6) is 0 Å². The summed E-state index contributed by atoms with van der Waals surface area (Å²) in [6.07, 6.45) is 1.82. The molecule has 3 nitrogen and oxygen atoms in total. The van der Waals surface area contributed by atoms with Crippen LogP contribution in [0.2, 0.25) is 5.02 Å². The summed E-state index contributed by atoms with van der Waals surface area (Å²) in [7, 11) is 0. The molecule has 1 aromatic heterocycles. The summed E-state index contributed by atoms with van der Waals surface area (Å²) in [5, 5.41) is 2.07. The second kappa shape index (κ2) is 6.54. The number of hydrogen-bond acceptors (Lipinski definition) is 2. The van der Waals surface area contributed by atoms with Gasteiger partial charge in [0.1, 0.15) is 16.9 Å². The zero-order valence-corrected chi connectivity index (χ0v) is 13.3. The van der Waals surface area contributed by atoms with E-state index in [1.807, 2.05) is 24.6 Å². The maximum atomic E-state index is 13.8. The fourth-order valence-corrected chi connectivity index (χ4v) is 2.81. The molecule has 1 heterocycles. The first-order chi connectivity index (χ1) is 9.91. The molecule has 0 saturated heterocycles. The molecule has 0 aliphatic carbocycles. The van der Waals surface area contributed by atoms with Gasteiger partial charge in [-0.05, 0) is 38.1 Å². The molecular weight excluding hydrogens is 311 g/mol. The van der Waals surface area contributed by atoms with Crippen LogP contribution in [0, 0.1) is 5.82 Å². The summed E-state index contributed by atoms with van der Waals surface area (Å²) in [5.74, 6) is -0.824. The highest BCUT2D eigenvalue weighted by Gasteiger charge is 2.20. The second-order valence-electron chi connectivity index (χ2n) is 4.91. The van der Waals surface area contributed by atoms with Crippen molar-refractivity contribution >= 4 is 30.1 Å². The van der Waals surface area contributed by atoms with Crippen molar-refractivity contribution in [3.8, 4) is 0 Å². The van der Waals surface area contributed by atoms with Gasteiger partial charge in [0.05, 0.1) is 0 Å². The third-order valence-corrected chi connectivity index (χ3v) is 3.83. The molecule has 0 fully saturated rings. The van der Waals surface area contributed by atoms with Crippen molar-refractivity contribution in [1.82, 2.24) is 9.88 Å². The Morgan fingerprint density at radius 3 is 2.67 bits per heavy atom. The molecule has 0 saturated carbocycles. The summed E-state index contributed by atoms with van der Waals surface area (Å²) < 4.78 is 15.6. The van der Waals surface area contributed by atoms with Crippen LogP contribution in [-0.2, 0) is 0 Å². The minimum absolute atomic E-state index is 0.149. The van der Waals surface area contributed by atoms with Crippen LogP contribution in [-0.4, -0.2) is 10.5 Å². The van der Waals surface area contributed by atoms with Crippen LogP contribution in [0.15, 0.2) is 36.5 Å². The Labute approximate surface area is 133 Å². The van der Waals surface area contributed by atoms with Gasteiger partial charge in [-0.2, -0.15) is 0 Å². The van der Waals surface area contributed by atoms with E-state index in [2.05, 4.69) is 17.9 Å². The van der Waals surface area contributed by atoms with Crippen LogP contribution in [0.3, 0.4) is 0 Å². The molecule has 1 N–H and O–H groups in total. The SMILES string of the molecule is CC(C)n1cccc1C(=O)NC(S)c1c(F)cccc1Cl. The number of halogens is 2. The fourth-order valence-electron chi connectivity index (χ4n) is 2.08. The Bertz CT molecular complexity index is 637. The molecule has 0 aliphatic rings. The van der Waals surface area contributed by atoms with E-state index in [0.29, 0.717) is 5.69 Å². The monoisotopic (exact) mass is 326 g/mol. The third kappa shape index (κ3) is 3.41. The van der Waals surface area contributed by atoms with Crippen LogP contribution in [0.4, 0.5) is 4.39 Å². The maximum Gasteiger partial charge on any atom is 0.269 e. The molecule has 21 heavy (non-hydrogen) atoms. The average molecular weight is 327 g/mol. The molecule has 2 rings (SSSR count). The Morgan fingerprint density at radius 1 is 1.33 bits per heavy atom. The van der Waals surface area contributed by atoms with Gasteiger partial charge in [0.15, 0.2) is 0 Å². The summed E-state index contributed by atoms with van der Waals surface area (Å²) in [6, 6.07) is 8.00. The standard InChI is InChI=1S/C15H16ClFN2OS/c1-9(2)19-8-4-7-12(19)14(20)18-15(21)13-10(16)5-3-6-11(13)17/h3-9,15,21H,1-2H3,(H,18,20). The number of carbonyl (C=O) groups is 1. The van der Waals surface area contributed by atoms with Crippen molar-refractivity contribution in [2.45, 2.75) is 25.3 Å². The van der Waals surface area contributed by atoms with E-state index in [0.717, 1.165) is 0 Å². The van der Waals surface area contributed by atoms with Gasteiger partial charge in [-0.15, -0.1) is 12.6 Å². The van der Waals surface area contributed by atoms with Crippen molar-refractivity contribution in [2.75, 3.05) is 0 Å². The molecule has 1 atom stereocenters. The molecule has 1 aromatic carbocycles. The first kappa shape index (κ1) is 15.9. The van der Waals surface area contributed by atoms with Gasteiger partial charge in [-0.3, -0.25) is 4.79 Å². The largest absolute Gasteiger partial charge is 0.341 e. The Hall–Kier alpha value is -1.46. The number of amides is 1. The molecule has 0 spiro atoms. The lowest BCUT2D eigenvalue weighted by Crippen LogP contribution is -2.28. The van der Waals surface area contributed by atoms with E-state index in [-0.39, 0.29) is 22.5 Å². The highest BCUT2D eigenvalue weighted by Crippen LogP contribution is 2.28. The molecular formula is C15H16ClFN2OS. The van der Waals surface area contributed by atoms with E-state index in [1.165, 1.54) is 12.1 Å². The molecule has 2 aromatic rings. The van der Waals surface area contributed by atoms with Crippen molar-refractivity contribution < 1.29 is 9.18 Å². The Morgan fingerprint density at radius 2 is 2.05 bits per heavy atom. The Balaban J connectivity index is 2.21. The van der Waals surface area contributed by atoms with Gasteiger partial charge in [-0.1, -0.05) is 17.7 Å². The average Bonchev–Trinajstić information content (AvgIpc) is 2.87. The fraction of sp³-hybridized carbons (Fsp3) is 0.267. The predicted molar refractivity (Wildman–Crippen MR) is 85.4 cm³/mol. The second-order valence-corrected chi connectivity index (χ2v) is 5.83. The van der Waals surface area contributed by atoms with Gasteiger partial charge < -0.3 is 9.88 Å². The molecule has 6 heteroatoms. The molecule has 0 bridgehead atoms. The molecule has 0 radical (unpaired) electrons. The van der Waals surface area contributed by atoms with E-state index < -0.39 is 11.2 Å². The number of nitrogens with zero attached hydrogens (tertiary/aromatic N) is 1.